The summed E-state index contributed by atoms with van der Waals surface area (Å²) in [6, 6.07) is 8.70. The molecule has 6 heteroatoms. The molecule has 0 saturated carbocycles. The smallest absolute Gasteiger partial charge is 0.191 e. The van der Waals surface area contributed by atoms with E-state index in [9.17, 15) is 0 Å². The molecule has 1 aliphatic heterocycles. The van der Waals surface area contributed by atoms with Gasteiger partial charge in [-0.3, -0.25) is 4.99 Å². The fraction of sp³-hybridized carbons (Fsp3) is 0.650. The maximum absolute atomic E-state index is 5.77. The first-order chi connectivity index (χ1) is 12.7. The van der Waals surface area contributed by atoms with E-state index < -0.39 is 0 Å². The second-order valence-corrected chi connectivity index (χ2v) is 6.71. The summed E-state index contributed by atoms with van der Waals surface area (Å²) >= 11 is 0. The highest BCUT2D eigenvalue weighted by molar-refractivity contribution is 5.79. The van der Waals surface area contributed by atoms with Gasteiger partial charge in [-0.1, -0.05) is 31.2 Å². The standard InChI is InChI=1S/C20H34N4O2/c1-4-24(3)15-18-8-5-7-17(13-18)14-23-20(21-2)22-10-6-11-26-19-9-12-25-16-19/h5,7-8,13,19H,4,6,9-12,14-16H2,1-3H3,(H2,21,22,23). The van der Waals surface area contributed by atoms with Crippen LogP contribution in [0.4, 0.5) is 0 Å². The van der Waals surface area contributed by atoms with E-state index in [2.05, 4.69) is 58.8 Å². The molecule has 0 aromatic heterocycles. The van der Waals surface area contributed by atoms with Crippen molar-refractivity contribution in [3.05, 3.63) is 35.4 Å². The molecule has 0 spiro atoms. The van der Waals surface area contributed by atoms with E-state index in [4.69, 9.17) is 9.47 Å². The predicted octanol–water partition coefficient (Wildman–Crippen LogP) is 2.00. The summed E-state index contributed by atoms with van der Waals surface area (Å²) in [5.41, 5.74) is 2.60. The van der Waals surface area contributed by atoms with Crippen LogP contribution in [0.15, 0.2) is 29.3 Å². The summed E-state index contributed by atoms with van der Waals surface area (Å²) in [6.07, 6.45) is 2.26. The van der Waals surface area contributed by atoms with Crippen LogP contribution < -0.4 is 10.6 Å². The highest BCUT2D eigenvalue weighted by atomic mass is 16.5. The van der Waals surface area contributed by atoms with Crippen molar-refractivity contribution < 1.29 is 9.47 Å². The lowest BCUT2D eigenvalue weighted by Crippen LogP contribution is -2.37. The maximum atomic E-state index is 5.77. The number of hydrogen-bond acceptors (Lipinski definition) is 4. The fourth-order valence-electron chi connectivity index (χ4n) is 2.84. The van der Waals surface area contributed by atoms with E-state index in [0.717, 1.165) is 64.8 Å². The molecule has 1 aromatic rings. The third kappa shape index (κ3) is 7.72. The van der Waals surface area contributed by atoms with Gasteiger partial charge in [0.05, 0.1) is 12.7 Å². The van der Waals surface area contributed by atoms with Crippen LogP contribution in [-0.2, 0) is 22.6 Å². The van der Waals surface area contributed by atoms with Crippen molar-refractivity contribution in [2.45, 2.75) is 39.0 Å². The molecular formula is C20H34N4O2. The Balaban J connectivity index is 1.65. The molecule has 146 valence electrons. The molecule has 0 bridgehead atoms. The number of aliphatic imine (C=N–C) groups is 1. The Morgan fingerprint density at radius 3 is 2.92 bits per heavy atom. The first-order valence-electron chi connectivity index (χ1n) is 9.61. The van der Waals surface area contributed by atoms with Crippen LogP contribution in [-0.4, -0.2) is 64.0 Å². The minimum Gasteiger partial charge on any atom is -0.379 e. The summed E-state index contributed by atoms with van der Waals surface area (Å²) < 4.78 is 11.1. The average molecular weight is 363 g/mol. The zero-order chi connectivity index (χ0) is 18.6. The minimum absolute atomic E-state index is 0.284. The third-order valence-corrected chi connectivity index (χ3v) is 4.52. The lowest BCUT2D eigenvalue weighted by atomic mass is 10.1. The number of guanidine groups is 1. The number of hydrogen-bond donors (Lipinski definition) is 2. The van der Waals surface area contributed by atoms with E-state index >= 15 is 0 Å². The van der Waals surface area contributed by atoms with Gasteiger partial charge in [-0.15, -0.1) is 0 Å². The first kappa shape index (κ1) is 20.7. The molecule has 1 fully saturated rings. The van der Waals surface area contributed by atoms with Crippen LogP contribution >= 0.6 is 0 Å². The first-order valence-corrected chi connectivity index (χ1v) is 9.61. The lowest BCUT2D eigenvalue weighted by molar-refractivity contribution is 0.0420. The molecule has 26 heavy (non-hydrogen) atoms. The second-order valence-electron chi connectivity index (χ2n) is 6.71. The number of nitrogens with zero attached hydrogens (tertiary/aromatic N) is 2. The van der Waals surface area contributed by atoms with Crippen LogP contribution in [0.3, 0.4) is 0 Å². The summed E-state index contributed by atoms with van der Waals surface area (Å²) in [6.45, 7) is 8.13. The van der Waals surface area contributed by atoms with Crippen LogP contribution in [0.5, 0.6) is 0 Å². The average Bonchev–Trinajstić information content (AvgIpc) is 3.17. The molecule has 1 saturated heterocycles. The highest BCUT2D eigenvalue weighted by Crippen LogP contribution is 2.08. The van der Waals surface area contributed by atoms with Crippen molar-refractivity contribution in [3.8, 4) is 0 Å². The summed E-state index contributed by atoms with van der Waals surface area (Å²) in [5.74, 6) is 0.824. The predicted molar refractivity (Wildman–Crippen MR) is 106 cm³/mol. The SMILES string of the molecule is CCN(C)Cc1cccc(CNC(=NC)NCCCOC2CCOC2)c1. The summed E-state index contributed by atoms with van der Waals surface area (Å²) in [5, 5.41) is 6.72. The summed E-state index contributed by atoms with van der Waals surface area (Å²) in [7, 11) is 3.94. The molecule has 1 atom stereocenters. The van der Waals surface area contributed by atoms with Gasteiger partial charge in [0, 0.05) is 39.9 Å². The van der Waals surface area contributed by atoms with Gasteiger partial charge in [0.15, 0.2) is 5.96 Å². The van der Waals surface area contributed by atoms with Crippen LogP contribution in [0.2, 0.25) is 0 Å². The van der Waals surface area contributed by atoms with Gasteiger partial charge in [0.2, 0.25) is 0 Å². The van der Waals surface area contributed by atoms with Gasteiger partial charge >= 0.3 is 0 Å². The largest absolute Gasteiger partial charge is 0.379 e. The molecule has 1 aromatic carbocycles. The second kappa shape index (κ2) is 11.9. The Bertz CT molecular complexity index is 544. The third-order valence-electron chi connectivity index (χ3n) is 4.52. The van der Waals surface area contributed by atoms with Crippen LogP contribution in [0, 0.1) is 0 Å². The Labute approximate surface area is 158 Å². The molecule has 1 unspecified atom stereocenters. The van der Waals surface area contributed by atoms with Gasteiger partial charge in [-0.2, -0.15) is 0 Å². The van der Waals surface area contributed by atoms with Crippen molar-refractivity contribution in [1.29, 1.82) is 0 Å². The van der Waals surface area contributed by atoms with Crippen molar-refractivity contribution in [1.82, 2.24) is 15.5 Å². The molecule has 0 radical (unpaired) electrons. The summed E-state index contributed by atoms with van der Waals surface area (Å²) in [4.78, 5) is 6.59. The van der Waals surface area contributed by atoms with Gasteiger partial charge < -0.3 is 25.0 Å². The fourth-order valence-corrected chi connectivity index (χ4v) is 2.84. The Morgan fingerprint density at radius 1 is 1.35 bits per heavy atom. The van der Waals surface area contributed by atoms with E-state index in [1.165, 1.54) is 11.1 Å². The van der Waals surface area contributed by atoms with Crippen molar-refractivity contribution in [2.24, 2.45) is 4.99 Å². The number of rotatable bonds is 10. The Hall–Kier alpha value is -1.63. The Kier molecular flexibility index (Phi) is 9.45. The van der Waals surface area contributed by atoms with Gasteiger partial charge in [0.25, 0.3) is 0 Å². The van der Waals surface area contributed by atoms with Crippen LogP contribution in [0.1, 0.15) is 30.9 Å². The zero-order valence-electron chi connectivity index (χ0n) is 16.5. The van der Waals surface area contributed by atoms with Gasteiger partial charge in [0.1, 0.15) is 0 Å². The van der Waals surface area contributed by atoms with Crippen LogP contribution in [0.25, 0.3) is 0 Å². The van der Waals surface area contributed by atoms with E-state index in [-0.39, 0.29) is 6.10 Å². The maximum Gasteiger partial charge on any atom is 0.191 e. The van der Waals surface area contributed by atoms with Gasteiger partial charge in [-0.25, -0.2) is 0 Å². The topological polar surface area (TPSA) is 58.1 Å². The highest BCUT2D eigenvalue weighted by Gasteiger charge is 2.15. The number of ether oxygens (including phenoxy) is 2. The van der Waals surface area contributed by atoms with Crippen molar-refractivity contribution in [3.63, 3.8) is 0 Å². The molecule has 2 N–H and O–H groups in total. The lowest BCUT2D eigenvalue weighted by Gasteiger charge is -2.15. The van der Waals surface area contributed by atoms with Crippen molar-refractivity contribution >= 4 is 5.96 Å². The minimum atomic E-state index is 0.284. The van der Waals surface area contributed by atoms with Gasteiger partial charge in [-0.05, 0) is 37.6 Å². The zero-order valence-corrected chi connectivity index (χ0v) is 16.5. The molecule has 6 nitrogen and oxygen atoms in total. The number of nitrogens with one attached hydrogen (secondary N) is 2. The normalized spacial score (nSPS) is 17.7. The monoisotopic (exact) mass is 362 g/mol. The van der Waals surface area contributed by atoms with E-state index in [0.29, 0.717) is 0 Å². The molecule has 0 aliphatic carbocycles. The molecule has 1 aliphatic rings. The number of benzene rings is 1. The molecular weight excluding hydrogens is 328 g/mol. The molecule has 2 rings (SSSR count). The quantitative estimate of drug-likeness (QED) is 0.379. The molecule has 1 heterocycles. The molecule has 0 amide bonds. The van der Waals surface area contributed by atoms with E-state index in [1.807, 2.05) is 0 Å². The Morgan fingerprint density at radius 2 is 2.19 bits per heavy atom. The van der Waals surface area contributed by atoms with Crippen molar-refractivity contribution in [2.75, 3.05) is 47.0 Å². The van der Waals surface area contributed by atoms with E-state index in [1.54, 1.807) is 7.05 Å².